The molecular weight excluding hydrogens is 160 g/mol. The van der Waals surface area contributed by atoms with Gasteiger partial charge < -0.3 is 14.9 Å². The summed E-state index contributed by atoms with van der Waals surface area (Å²) in [6, 6.07) is 0. The number of fused-ring (bicyclic) bond motifs is 1. The second kappa shape index (κ2) is 2.71. The van der Waals surface area contributed by atoms with Gasteiger partial charge in [0, 0.05) is 18.4 Å². The molecule has 0 amide bonds. The molecule has 0 aromatic rings. The van der Waals surface area contributed by atoms with E-state index in [1.807, 2.05) is 0 Å². The number of rotatable bonds is 1. The van der Waals surface area contributed by atoms with Gasteiger partial charge in [0.15, 0.2) is 0 Å². The summed E-state index contributed by atoms with van der Waals surface area (Å²) in [5.41, 5.74) is 0. The molecule has 2 aliphatic rings. The van der Waals surface area contributed by atoms with Gasteiger partial charge in [-0.1, -0.05) is 0 Å². The second-order valence-electron chi connectivity index (χ2n) is 3.59. The molecule has 68 valence electrons. The lowest BCUT2D eigenvalue weighted by Crippen LogP contribution is -2.29. The van der Waals surface area contributed by atoms with E-state index in [1.165, 1.54) is 0 Å². The minimum Gasteiger partial charge on any atom is -0.459 e. The van der Waals surface area contributed by atoms with Gasteiger partial charge in [-0.15, -0.1) is 0 Å². The zero-order chi connectivity index (χ0) is 8.72. The van der Waals surface area contributed by atoms with Crippen LogP contribution < -0.4 is 0 Å². The van der Waals surface area contributed by atoms with E-state index in [-0.39, 0.29) is 30.5 Å². The molecule has 0 radical (unpaired) electrons. The Balaban J connectivity index is 2.08. The molecule has 2 fully saturated rings. The van der Waals surface area contributed by atoms with Crippen molar-refractivity contribution < 1.29 is 19.7 Å². The summed E-state index contributed by atoms with van der Waals surface area (Å²) in [6.07, 6.45) is 0.0906. The van der Waals surface area contributed by atoms with Crippen molar-refractivity contribution in [2.45, 2.75) is 25.0 Å². The van der Waals surface area contributed by atoms with Gasteiger partial charge in [-0.25, -0.2) is 0 Å². The zero-order valence-electron chi connectivity index (χ0n) is 6.64. The number of hydrogen-bond donors (Lipinski definition) is 2. The van der Waals surface area contributed by atoms with Crippen molar-refractivity contribution in [1.29, 1.82) is 0 Å². The monoisotopic (exact) mass is 172 g/mol. The summed E-state index contributed by atoms with van der Waals surface area (Å²) in [5.74, 6) is -0.196. The molecule has 1 saturated carbocycles. The van der Waals surface area contributed by atoms with Crippen LogP contribution in [0.25, 0.3) is 0 Å². The lowest BCUT2D eigenvalue weighted by atomic mass is 10.0. The van der Waals surface area contributed by atoms with Gasteiger partial charge in [-0.3, -0.25) is 4.79 Å². The first-order chi connectivity index (χ1) is 5.72. The van der Waals surface area contributed by atoms with Crippen LogP contribution in [0.4, 0.5) is 0 Å². The molecule has 1 aliphatic carbocycles. The normalized spacial score (nSPS) is 46.0. The van der Waals surface area contributed by atoms with E-state index in [9.17, 15) is 9.90 Å². The second-order valence-corrected chi connectivity index (χ2v) is 3.59. The van der Waals surface area contributed by atoms with Crippen LogP contribution in [0.5, 0.6) is 0 Å². The Kier molecular flexibility index (Phi) is 1.81. The lowest BCUT2D eigenvalue weighted by molar-refractivity contribution is -0.146. The van der Waals surface area contributed by atoms with Crippen LogP contribution in [0, 0.1) is 11.8 Å². The fraction of sp³-hybridized carbons (Fsp3) is 0.875. The summed E-state index contributed by atoms with van der Waals surface area (Å²) >= 11 is 0. The third kappa shape index (κ3) is 1.03. The minimum atomic E-state index is -0.661. The summed E-state index contributed by atoms with van der Waals surface area (Å²) < 4.78 is 4.93. The number of aliphatic hydroxyl groups is 2. The van der Waals surface area contributed by atoms with Crippen molar-refractivity contribution in [3.8, 4) is 0 Å². The van der Waals surface area contributed by atoms with E-state index in [1.54, 1.807) is 0 Å². The first-order valence-corrected chi connectivity index (χ1v) is 4.20. The van der Waals surface area contributed by atoms with Crippen molar-refractivity contribution >= 4 is 5.97 Å². The van der Waals surface area contributed by atoms with Gasteiger partial charge in [-0.05, 0) is 6.42 Å². The highest BCUT2D eigenvalue weighted by molar-refractivity contribution is 5.72. The van der Waals surface area contributed by atoms with E-state index >= 15 is 0 Å². The van der Waals surface area contributed by atoms with E-state index in [0.717, 1.165) is 0 Å². The summed E-state index contributed by atoms with van der Waals surface area (Å²) in [6.45, 7) is -0.0221. The molecular formula is C8H12O4. The molecule has 0 spiro atoms. The summed E-state index contributed by atoms with van der Waals surface area (Å²) in [7, 11) is 0. The maximum atomic E-state index is 10.8. The van der Waals surface area contributed by atoms with Gasteiger partial charge in [0.05, 0.1) is 12.5 Å². The number of carbonyl (C=O) groups is 1. The van der Waals surface area contributed by atoms with Crippen molar-refractivity contribution in [2.24, 2.45) is 11.8 Å². The largest absolute Gasteiger partial charge is 0.459 e. The van der Waals surface area contributed by atoms with Crippen molar-refractivity contribution in [2.75, 3.05) is 6.61 Å². The molecule has 1 heterocycles. The molecule has 0 aromatic carbocycles. The Morgan fingerprint density at radius 1 is 1.58 bits per heavy atom. The molecule has 4 heteroatoms. The smallest absolute Gasteiger partial charge is 0.306 e. The molecule has 4 nitrogen and oxygen atoms in total. The molecule has 4 atom stereocenters. The maximum absolute atomic E-state index is 10.8. The molecule has 1 saturated heterocycles. The molecule has 0 bridgehead atoms. The fourth-order valence-electron chi connectivity index (χ4n) is 2.17. The Bertz CT molecular complexity index is 203. The first-order valence-electron chi connectivity index (χ1n) is 4.20. The third-order valence-electron chi connectivity index (χ3n) is 2.82. The van der Waals surface area contributed by atoms with Crippen molar-refractivity contribution in [3.63, 3.8) is 0 Å². The number of aliphatic hydroxyl groups excluding tert-OH is 2. The van der Waals surface area contributed by atoms with Crippen LogP contribution in [0.1, 0.15) is 12.8 Å². The van der Waals surface area contributed by atoms with Crippen LogP contribution in [-0.2, 0) is 9.53 Å². The van der Waals surface area contributed by atoms with Gasteiger partial charge >= 0.3 is 5.97 Å². The average molecular weight is 172 g/mol. The predicted molar refractivity (Wildman–Crippen MR) is 39.2 cm³/mol. The van der Waals surface area contributed by atoms with Gasteiger partial charge in [0.2, 0.25) is 0 Å². The highest BCUT2D eigenvalue weighted by Gasteiger charge is 2.49. The van der Waals surface area contributed by atoms with Crippen LogP contribution in [0.2, 0.25) is 0 Å². The quantitative estimate of drug-likeness (QED) is 0.513. The molecule has 12 heavy (non-hydrogen) atoms. The molecule has 4 unspecified atom stereocenters. The maximum Gasteiger partial charge on any atom is 0.306 e. The van der Waals surface area contributed by atoms with Gasteiger partial charge in [0.25, 0.3) is 0 Å². The van der Waals surface area contributed by atoms with Gasteiger partial charge in [-0.2, -0.15) is 0 Å². The van der Waals surface area contributed by atoms with Crippen molar-refractivity contribution in [1.82, 2.24) is 0 Å². The van der Waals surface area contributed by atoms with E-state index in [0.29, 0.717) is 12.8 Å². The highest BCUT2D eigenvalue weighted by Crippen LogP contribution is 2.39. The van der Waals surface area contributed by atoms with Gasteiger partial charge in [0.1, 0.15) is 6.10 Å². The Morgan fingerprint density at radius 3 is 2.92 bits per heavy atom. The van der Waals surface area contributed by atoms with Crippen molar-refractivity contribution in [3.05, 3.63) is 0 Å². The SMILES string of the molecule is O=C1CC2CC(CO)C(O)C2O1. The first kappa shape index (κ1) is 8.01. The Morgan fingerprint density at radius 2 is 2.33 bits per heavy atom. The Hall–Kier alpha value is -0.610. The highest BCUT2D eigenvalue weighted by atomic mass is 16.6. The topological polar surface area (TPSA) is 66.8 Å². The van der Waals surface area contributed by atoms with E-state index < -0.39 is 6.10 Å². The minimum absolute atomic E-state index is 0.0221. The molecule has 2 N–H and O–H groups in total. The third-order valence-corrected chi connectivity index (χ3v) is 2.82. The molecule has 2 rings (SSSR count). The summed E-state index contributed by atoms with van der Waals surface area (Å²) in [4.78, 5) is 10.8. The van der Waals surface area contributed by atoms with E-state index in [2.05, 4.69) is 0 Å². The molecule has 1 aliphatic heterocycles. The summed E-state index contributed by atoms with van der Waals surface area (Å²) in [5, 5.41) is 18.4. The van der Waals surface area contributed by atoms with Crippen LogP contribution in [-0.4, -0.2) is 35.0 Å². The predicted octanol–water partition coefficient (Wildman–Crippen LogP) is -0.709. The number of hydrogen-bond acceptors (Lipinski definition) is 4. The number of ether oxygens (including phenoxy) is 1. The lowest BCUT2D eigenvalue weighted by Gasteiger charge is -2.15. The van der Waals surface area contributed by atoms with E-state index in [4.69, 9.17) is 9.84 Å². The number of carbonyl (C=O) groups excluding carboxylic acids is 1. The van der Waals surface area contributed by atoms with Crippen LogP contribution in [0.3, 0.4) is 0 Å². The zero-order valence-corrected chi connectivity index (χ0v) is 6.64. The standard InChI is InChI=1S/C8H12O4/c9-3-5-1-4-2-6(10)12-8(4)7(5)11/h4-5,7-9,11H,1-3H2. The number of esters is 1. The average Bonchev–Trinajstić information content (AvgIpc) is 2.51. The molecule has 0 aromatic heterocycles. The van der Waals surface area contributed by atoms with Crippen LogP contribution >= 0.6 is 0 Å². The van der Waals surface area contributed by atoms with Crippen LogP contribution in [0.15, 0.2) is 0 Å². The fourth-order valence-corrected chi connectivity index (χ4v) is 2.17. The Labute approximate surface area is 70.1 Å².